The Kier molecular flexibility index (Phi) is 3.75. The van der Waals surface area contributed by atoms with E-state index in [1.54, 1.807) is 7.11 Å². The standard InChI is InChI=1S/C14H20N4O/c1-19-9-6-13-17-12-5-3-8-16-14(12)18(13)10-11-4-2-7-15-11/h3,5,8,11,15H,2,4,6-7,9-10H2,1H3. The summed E-state index contributed by atoms with van der Waals surface area (Å²) in [5.41, 5.74) is 1.97. The second-order valence-corrected chi connectivity index (χ2v) is 5.02. The first-order chi connectivity index (χ1) is 9.38. The molecule has 3 heterocycles. The van der Waals surface area contributed by atoms with Gasteiger partial charge in [0.2, 0.25) is 0 Å². The molecule has 0 radical (unpaired) electrons. The third-order valence-electron chi connectivity index (χ3n) is 3.68. The molecule has 1 atom stereocenters. The van der Waals surface area contributed by atoms with E-state index >= 15 is 0 Å². The van der Waals surface area contributed by atoms with Crippen molar-refractivity contribution in [2.45, 2.75) is 31.8 Å². The molecule has 3 rings (SSSR count). The molecule has 0 aromatic carbocycles. The topological polar surface area (TPSA) is 52.0 Å². The second kappa shape index (κ2) is 5.67. The highest BCUT2D eigenvalue weighted by molar-refractivity contribution is 5.71. The number of methoxy groups -OCH3 is 1. The number of nitrogens with one attached hydrogen (secondary N) is 1. The average Bonchev–Trinajstić information content (AvgIpc) is 3.06. The Morgan fingerprint density at radius 3 is 3.26 bits per heavy atom. The zero-order chi connectivity index (χ0) is 13.1. The van der Waals surface area contributed by atoms with Crippen LogP contribution in [0.5, 0.6) is 0 Å². The van der Waals surface area contributed by atoms with Crippen molar-refractivity contribution in [3.05, 3.63) is 24.2 Å². The van der Waals surface area contributed by atoms with Gasteiger partial charge in [-0.1, -0.05) is 0 Å². The van der Waals surface area contributed by atoms with Gasteiger partial charge in [-0.25, -0.2) is 9.97 Å². The molecule has 0 aliphatic carbocycles. The van der Waals surface area contributed by atoms with E-state index in [0.29, 0.717) is 12.6 Å². The van der Waals surface area contributed by atoms with Crippen LogP contribution in [0.25, 0.3) is 11.2 Å². The summed E-state index contributed by atoms with van der Waals surface area (Å²) in [5.74, 6) is 1.07. The van der Waals surface area contributed by atoms with Crippen LogP contribution >= 0.6 is 0 Å². The Balaban J connectivity index is 1.92. The van der Waals surface area contributed by atoms with Crippen LogP contribution in [0.1, 0.15) is 18.7 Å². The molecule has 19 heavy (non-hydrogen) atoms. The Bertz CT molecular complexity index is 545. The maximum absolute atomic E-state index is 5.18. The van der Waals surface area contributed by atoms with Gasteiger partial charge < -0.3 is 14.6 Å². The maximum atomic E-state index is 5.18. The first kappa shape index (κ1) is 12.6. The molecule has 0 spiro atoms. The van der Waals surface area contributed by atoms with Crippen molar-refractivity contribution in [2.75, 3.05) is 20.3 Å². The van der Waals surface area contributed by atoms with Gasteiger partial charge in [-0.2, -0.15) is 0 Å². The van der Waals surface area contributed by atoms with E-state index in [1.165, 1.54) is 12.8 Å². The van der Waals surface area contributed by atoms with Crippen molar-refractivity contribution in [2.24, 2.45) is 0 Å². The highest BCUT2D eigenvalue weighted by atomic mass is 16.5. The summed E-state index contributed by atoms with van der Waals surface area (Å²) >= 11 is 0. The van der Waals surface area contributed by atoms with Crippen LogP contribution in [0.3, 0.4) is 0 Å². The highest BCUT2D eigenvalue weighted by Crippen LogP contribution is 2.17. The molecule has 2 aromatic heterocycles. The molecule has 1 aliphatic heterocycles. The first-order valence-electron chi connectivity index (χ1n) is 6.91. The Morgan fingerprint density at radius 1 is 1.53 bits per heavy atom. The molecule has 0 bridgehead atoms. The summed E-state index contributed by atoms with van der Waals surface area (Å²) in [6.07, 6.45) is 5.16. The van der Waals surface area contributed by atoms with Gasteiger partial charge in [-0.3, -0.25) is 0 Å². The number of nitrogens with zero attached hydrogens (tertiary/aromatic N) is 3. The van der Waals surface area contributed by atoms with Gasteiger partial charge in [-0.05, 0) is 31.5 Å². The van der Waals surface area contributed by atoms with Gasteiger partial charge in [0.15, 0.2) is 5.65 Å². The smallest absolute Gasteiger partial charge is 0.160 e. The molecular weight excluding hydrogens is 240 g/mol. The van der Waals surface area contributed by atoms with Crippen LogP contribution in [0.4, 0.5) is 0 Å². The van der Waals surface area contributed by atoms with E-state index in [0.717, 1.165) is 36.5 Å². The predicted octanol–water partition coefficient (Wildman–Crippen LogP) is 1.37. The highest BCUT2D eigenvalue weighted by Gasteiger charge is 2.18. The predicted molar refractivity (Wildman–Crippen MR) is 74.1 cm³/mol. The third-order valence-corrected chi connectivity index (χ3v) is 3.68. The minimum Gasteiger partial charge on any atom is -0.384 e. The average molecular weight is 260 g/mol. The fourth-order valence-electron chi connectivity index (χ4n) is 2.71. The van der Waals surface area contributed by atoms with Crippen LogP contribution in [0, 0.1) is 0 Å². The minimum atomic E-state index is 0.542. The van der Waals surface area contributed by atoms with Crippen molar-refractivity contribution in [1.29, 1.82) is 0 Å². The molecular formula is C14H20N4O. The van der Waals surface area contributed by atoms with Crippen molar-refractivity contribution in [3.8, 4) is 0 Å². The number of pyridine rings is 1. The number of aromatic nitrogens is 3. The molecule has 5 heteroatoms. The lowest BCUT2D eigenvalue weighted by atomic mass is 10.2. The van der Waals surface area contributed by atoms with Gasteiger partial charge in [0.05, 0.1) is 6.61 Å². The summed E-state index contributed by atoms with van der Waals surface area (Å²) in [4.78, 5) is 9.17. The van der Waals surface area contributed by atoms with E-state index in [4.69, 9.17) is 4.74 Å². The monoisotopic (exact) mass is 260 g/mol. The molecule has 1 N–H and O–H groups in total. The van der Waals surface area contributed by atoms with Crippen molar-refractivity contribution in [1.82, 2.24) is 19.9 Å². The fraction of sp³-hybridized carbons (Fsp3) is 0.571. The van der Waals surface area contributed by atoms with E-state index in [2.05, 4.69) is 19.9 Å². The van der Waals surface area contributed by atoms with Crippen LogP contribution in [-0.2, 0) is 17.7 Å². The third kappa shape index (κ3) is 2.62. The lowest BCUT2D eigenvalue weighted by Gasteiger charge is -2.14. The number of imidazole rings is 1. The number of fused-ring (bicyclic) bond motifs is 1. The summed E-state index contributed by atoms with van der Waals surface area (Å²) in [5, 5.41) is 3.54. The summed E-state index contributed by atoms with van der Waals surface area (Å²) < 4.78 is 7.42. The zero-order valence-electron chi connectivity index (χ0n) is 11.3. The number of ether oxygens (including phenoxy) is 1. The first-order valence-corrected chi connectivity index (χ1v) is 6.91. The number of hydrogen-bond donors (Lipinski definition) is 1. The van der Waals surface area contributed by atoms with Gasteiger partial charge >= 0.3 is 0 Å². The molecule has 0 saturated carbocycles. The maximum Gasteiger partial charge on any atom is 0.160 e. The van der Waals surface area contributed by atoms with Crippen LogP contribution in [0.15, 0.2) is 18.3 Å². The van der Waals surface area contributed by atoms with Gasteiger partial charge in [0.1, 0.15) is 11.3 Å². The normalized spacial score (nSPS) is 19.3. The molecule has 1 unspecified atom stereocenters. The summed E-state index contributed by atoms with van der Waals surface area (Å²) in [6, 6.07) is 4.51. The van der Waals surface area contributed by atoms with Crippen LogP contribution in [-0.4, -0.2) is 40.8 Å². The number of hydrogen-bond acceptors (Lipinski definition) is 4. The lowest BCUT2D eigenvalue weighted by Crippen LogP contribution is -2.27. The van der Waals surface area contributed by atoms with Crippen molar-refractivity contribution in [3.63, 3.8) is 0 Å². The van der Waals surface area contributed by atoms with Crippen LogP contribution < -0.4 is 5.32 Å². The molecule has 2 aromatic rings. The number of rotatable bonds is 5. The van der Waals surface area contributed by atoms with E-state index in [9.17, 15) is 0 Å². The van der Waals surface area contributed by atoms with E-state index < -0.39 is 0 Å². The van der Waals surface area contributed by atoms with Crippen molar-refractivity contribution < 1.29 is 4.74 Å². The second-order valence-electron chi connectivity index (χ2n) is 5.02. The Labute approximate surface area is 113 Å². The fourth-order valence-corrected chi connectivity index (χ4v) is 2.71. The van der Waals surface area contributed by atoms with Gasteiger partial charge in [0.25, 0.3) is 0 Å². The SMILES string of the molecule is COCCc1nc2cccnc2n1CC1CCCN1. The van der Waals surface area contributed by atoms with Crippen LogP contribution in [0.2, 0.25) is 0 Å². The molecule has 5 nitrogen and oxygen atoms in total. The lowest BCUT2D eigenvalue weighted by molar-refractivity contribution is 0.199. The summed E-state index contributed by atoms with van der Waals surface area (Å²) in [7, 11) is 1.73. The summed E-state index contributed by atoms with van der Waals surface area (Å²) in [6.45, 7) is 2.77. The molecule has 102 valence electrons. The Hall–Kier alpha value is -1.46. The minimum absolute atomic E-state index is 0.542. The molecule has 1 fully saturated rings. The molecule has 0 amide bonds. The zero-order valence-corrected chi connectivity index (χ0v) is 11.3. The largest absolute Gasteiger partial charge is 0.384 e. The van der Waals surface area contributed by atoms with E-state index in [-0.39, 0.29) is 0 Å². The van der Waals surface area contributed by atoms with E-state index in [1.807, 2.05) is 18.3 Å². The van der Waals surface area contributed by atoms with Crippen molar-refractivity contribution >= 4 is 11.2 Å². The van der Waals surface area contributed by atoms with Gasteiger partial charge in [-0.15, -0.1) is 0 Å². The molecule has 1 aliphatic rings. The van der Waals surface area contributed by atoms with Gasteiger partial charge in [0, 0.05) is 32.3 Å². The quantitative estimate of drug-likeness (QED) is 0.882. The Morgan fingerprint density at radius 2 is 2.47 bits per heavy atom. The molecule has 1 saturated heterocycles.